The van der Waals surface area contributed by atoms with Gasteiger partial charge in [0.05, 0.1) is 12.5 Å². The van der Waals surface area contributed by atoms with E-state index in [1.54, 1.807) is 18.4 Å². The summed E-state index contributed by atoms with van der Waals surface area (Å²) in [6.45, 7) is 0.565. The summed E-state index contributed by atoms with van der Waals surface area (Å²) in [7, 11) is 1.65. The Hall–Kier alpha value is -1.81. The van der Waals surface area contributed by atoms with Crippen LogP contribution in [-0.2, 0) is 16.8 Å². The highest BCUT2D eigenvalue weighted by Gasteiger charge is 2.43. The molecule has 2 aromatic rings. The summed E-state index contributed by atoms with van der Waals surface area (Å²) in [5.74, 6) is 1.00. The highest BCUT2D eigenvalue weighted by molar-refractivity contribution is 7.10. The molecule has 1 saturated carbocycles. The normalized spacial score (nSPS) is 16.4. The molecular formula is C18H21NO2S. The van der Waals surface area contributed by atoms with E-state index in [4.69, 9.17) is 4.74 Å². The molecule has 1 aromatic carbocycles. The average Bonchev–Trinajstić information content (AvgIpc) is 3.24. The second-order valence-electron chi connectivity index (χ2n) is 5.80. The Kier molecular flexibility index (Phi) is 4.48. The summed E-state index contributed by atoms with van der Waals surface area (Å²) in [5, 5.41) is 5.20. The lowest BCUT2D eigenvalue weighted by molar-refractivity contribution is -0.126. The van der Waals surface area contributed by atoms with Gasteiger partial charge in [-0.15, -0.1) is 11.3 Å². The highest BCUT2D eigenvalue weighted by atomic mass is 32.1. The van der Waals surface area contributed by atoms with Crippen molar-refractivity contribution in [1.82, 2.24) is 5.32 Å². The molecule has 0 bridgehead atoms. The SMILES string of the molecule is COc1ccc(CNC(=O)C2(c3cccs3)CCCC2)cc1. The minimum absolute atomic E-state index is 0.170. The van der Waals surface area contributed by atoms with Crippen LogP contribution in [0, 0.1) is 0 Å². The molecule has 1 aliphatic carbocycles. The number of thiophene rings is 1. The number of hydrogen-bond donors (Lipinski definition) is 1. The molecule has 3 nitrogen and oxygen atoms in total. The molecule has 4 heteroatoms. The monoisotopic (exact) mass is 315 g/mol. The van der Waals surface area contributed by atoms with Crippen molar-refractivity contribution < 1.29 is 9.53 Å². The minimum atomic E-state index is -0.305. The van der Waals surface area contributed by atoms with Crippen LogP contribution in [0.15, 0.2) is 41.8 Å². The molecule has 1 N–H and O–H groups in total. The van der Waals surface area contributed by atoms with Gasteiger partial charge in [0.2, 0.25) is 5.91 Å². The molecule has 0 atom stereocenters. The molecule has 0 saturated heterocycles. The summed E-state index contributed by atoms with van der Waals surface area (Å²) in [5.41, 5.74) is 0.786. The fraction of sp³-hybridized carbons (Fsp3) is 0.389. The number of benzene rings is 1. The lowest BCUT2D eigenvalue weighted by Gasteiger charge is -2.26. The molecule has 1 aromatic heterocycles. The topological polar surface area (TPSA) is 38.3 Å². The van der Waals surface area contributed by atoms with Crippen molar-refractivity contribution in [2.45, 2.75) is 37.6 Å². The van der Waals surface area contributed by atoms with E-state index in [9.17, 15) is 4.79 Å². The summed E-state index contributed by atoms with van der Waals surface area (Å²) in [6, 6.07) is 12.0. The summed E-state index contributed by atoms with van der Waals surface area (Å²) < 4.78 is 5.16. The maximum atomic E-state index is 12.8. The molecule has 0 aliphatic heterocycles. The third-order valence-corrected chi connectivity index (χ3v) is 5.57. The molecule has 0 unspecified atom stereocenters. The highest BCUT2D eigenvalue weighted by Crippen LogP contribution is 2.43. The van der Waals surface area contributed by atoms with Crippen LogP contribution in [0.25, 0.3) is 0 Å². The summed E-state index contributed by atoms with van der Waals surface area (Å²) >= 11 is 1.70. The van der Waals surface area contributed by atoms with Crippen LogP contribution in [0.2, 0.25) is 0 Å². The second-order valence-corrected chi connectivity index (χ2v) is 6.74. The van der Waals surface area contributed by atoms with Gasteiger partial charge >= 0.3 is 0 Å². The van der Waals surface area contributed by atoms with Gasteiger partial charge in [0.1, 0.15) is 5.75 Å². The van der Waals surface area contributed by atoms with Gasteiger partial charge in [-0.2, -0.15) is 0 Å². The van der Waals surface area contributed by atoms with Crippen molar-refractivity contribution >= 4 is 17.2 Å². The number of amides is 1. The molecule has 1 fully saturated rings. The van der Waals surface area contributed by atoms with E-state index in [0.717, 1.165) is 37.0 Å². The van der Waals surface area contributed by atoms with E-state index in [-0.39, 0.29) is 11.3 Å². The zero-order valence-electron chi connectivity index (χ0n) is 12.8. The van der Waals surface area contributed by atoms with Gasteiger partial charge in [-0.1, -0.05) is 31.0 Å². The van der Waals surface area contributed by atoms with Gasteiger partial charge in [-0.05, 0) is 42.0 Å². The predicted octanol–water partition coefficient (Wildman–Crippen LogP) is 3.88. The second kappa shape index (κ2) is 6.53. The van der Waals surface area contributed by atoms with E-state index in [1.165, 1.54) is 4.88 Å². The van der Waals surface area contributed by atoms with Crippen LogP contribution in [0.1, 0.15) is 36.1 Å². The third kappa shape index (κ3) is 2.88. The number of hydrogen-bond acceptors (Lipinski definition) is 3. The van der Waals surface area contributed by atoms with E-state index in [2.05, 4.69) is 16.8 Å². The van der Waals surface area contributed by atoms with Crippen molar-refractivity contribution in [3.05, 3.63) is 52.2 Å². The first-order valence-electron chi connectivity index (χ1n) is 7.70. The number of nitrogens with one attached hydrogen (secondary N) is 1. The van der Waals surface area contributed by atoms with Crippen LogP contribution in [0.3, 0.4) is 0 Å². The van der Waals surface area contributed by atoms with Gasteiger partial charge in [-0.25, -0.2) is 0 Å². The van der Waals surface area contributed by atoms with Crippen LogP contribution in [-0.4, -0.2) is 13.0 Å². The molecule has 22 heavy (non-hydrogen) atoms. The van der Waals surface area contributed by atoms with E-state index < -0.39 is 0 Å². The largest absolute Gasteiger partial charge is 0.497 e. The first kappa shape index (κ1) is 15.1. The van der Waals surface area contributed by atoms with E-state index in [0.29, 0.717) is 6.54 Å². The lowest BCUT2D eigenvalue weighted by atomic mass is 9.83. The zero-order valence-corrected chi connectivity index (χ0v) is 13.6. The molecule has 3 rings (SSSR count). The lowest BCUT2D eigenvalue weighted by Crippen LogP contribution is -2.41. The van der Waals surface area contributed by atoms with E-state index in [1.807, 2.05) is 30.3 Å². The quantitative estimate of drug-likeness (QED) is 0.909. The Morgan fingerprint density at radius 1 is 1.23 bits per heavy atom. The van der Waals surface area contributed by atoms with Crippen molar-refractivity contribution in [2.75, 3.05) is 7.11 Å². The Balaban J connectivity index is 1.69. The Morgan fingerprint density at radius 2 is 1.95 bits per heavy atom. The maximum absolute atomic E-state index is 12.8. The number of ether oxygens (including phenoxy) is 1. The predicted molar refractivity (Wildman–Crippen MR) is 89.3 cm³/mol. The van der Waals surface area contributed by atoms with Crippen LogP contribution < -0.4 is 10.1 Å². The summed E-state index contributed by atoms with van der Waals surface area (Å²) in [4.78, 5) is 14.0. The smallest absolute Gasteiger partial charge is 0.231 e. The Labute approximate surface area is 135 Å². The van der Waals surface area contributed by atoms with Gasteiger partial charge in [0, 0.05) is 11.4 Å². The Bertz CT molecular complexity index is 613. The van der Waals surface area contributed by atoms with Crippen LogP contribution in [0.5, 0.6) is 5.75 Å². The fourth-order valence-corrected chi connectivity index (χ4v) is 4.19. The summed E-state index contributed by atoms with van der Waals surface area (Å²) in [6.07, 6.45) is 4.19. The van der Waals surface area contributed by atoms with E-state index >= 15 is 0 Å². The van der Waals surface area contributed by atoms with Crippen molar-refractivity contribution in [2.24, 2.45) is 0 Å². The molecule has 0 radical (unpaired) electrons. The Morgan fingerprint density at radius 3 is 2.55 bits per heavy atom. The number of carbonyl (C=O) groups excluding carboxylic acids is 1. The average molecular weight is 315 g/mol. The number of carbonyl (C=O) groups is 1. The van der Waals surface area contributed by atoms with Crippen molar-refractivity contribution in [1.29, 1.82) is 0 Å². The number of rotatable bonds is 5. The minimum Gasteiger partial charge on any atom is -0.497 e. The van der Waals surface area contributed by atoms with Crippen molar-refractivity contribution in [3.63, 3.8) is 0 Å². The third-order valence-electron chi connectivity index (χ3n) is 4.50. The molecule has 116 valence electrons. The van der Waals surface area contributed by atoms with Gasteiger partial charge in [0.25, 0.3) is 0 Å². The van der Waals surface area contributed by atoms with Crippen molar-refractivity contribution in [3.8, 4) is 5.75 Å². The molecule has 0 spiro atoms. The first-order chi connectivity index (χ1) is 10.7. The maximum Gasteiger partial charge on any atom is 0.231 e. The standard InChI is InChI=1S/C18H21NO2S/c1-21-15-8-6-14(7-9-15)13-19-17(20)18(10-2-3-11-18)16-5-4-12-22-16/h4-9,12H,2-3,10-11,13H2,1H3,(H,19,20). The fourth-order valence-electron chi connectivity index (χ4n) is 3.21. The zero-order chi connectivity index (χ0) is 15.4. The molecule has 1 amide bonds. The number of methoxy groups -OCH3 is 1. The molecule has 1 aliphatic rings. The molecular weight excluding hydrogens is 294 g/mol. The first-order valence-corrected chi connectivity index (χ1v) is 8.58. The van der Waals surface area contributed by atoms with Crippen LogP contribution in [0.4, 0.5) is 0 Å². The van der Waals surface area contributed by atoms with Gasteiger partial charge < -0.3 is 10.1 Å². The van der Waals surface area contributed by atoms with Crippen LogP contribution >= 0.6 is 11.3 Å². The van der Waals surface area contributed by atoms with Gasteiger partial charge in [-0.3, -0.25) is 4.79 Å². The molecule has 1 heterocycles. The van der Waals surface area contributed by atoms with Gasteiger partial charge in [0.15, 0.2) is 0 Å².